The van der Waals surface area contributed by atoms with Gasteiger partial charge in [0.2, 0.25) is 0 Å². The van der Waals surface area contributed by atoms with E-state index in [0.29, 0.717) is 11.3 Å². The highest BCUT2D eigenvalue weighted by Gasteiger charge is 2.34. The monoisotopic (exact) mass is 332 g/mol. The van der Waals surface area contributed by atoms with Gasteiger partial charge in [0.25, 0.3) is 0 Å². The molecule has 0 radical (unpaired) electrons. The van der Waals surface area contributed by atoms with Crippen LogP contribution in [-0.2, 0) is 4.74 Å². The number of ketones is 1. The fourth-order valence-electron chi connectivity index (χ4n) is 2.01. The van der Waals surface area contributed by atoms with E-state index in [1.54, 1.807) is 45.0 Å². The SMILES string of the molecule is CC(C)(C)OC(=O)NC(C(=O)c1ccc(N=[N+]=[N-])cc1)C(C)(C)C. The maximum atomic E-state index is 12.8. The van der Waals surface area contributed by atoms with Crippen LogP contribution in [0.1, 0.15) is 51.9 Å². The predicted molar refractivity (Wildman–Crippen MR) is 92.2 cm³/mol. The Morgan fingerprint density at radius 2 is 1.67 bits per heavy atom. The van der Waals surface area contributed by atoms with Crippen molar-refractivity contribution in [2.75, 3.05) is 0 Å². The van der Waals surface area contributed by atoms with Crippen LogP contribution in [-0.4, -0.2) is 23.5 Å². The lowest BCUT2D eigenvalue weighted by atomic mass is 9.82. The minimum absolute atomic E-state index is 0.235. The summed E-state index contributed by atoms with van der Waals surface area (Å²) < 4.78 is 5.24. The summed E-state index contributed by atoms with van der Waals surface area (Å²) in [7, 11) is 0. The number of rotatable bonds is 4. The Hall–Kier alpha value is -2.53. The molecule has 0 spiro atoms. The normalized spacial score (nSPS) is 12.8. The van der Waals surface area contributed by atoms with Crippen LogP contribution in [0.5, 0.6) is 0 Å². The van der Waals surface area contributed by atoms with E-state index in [2.05, 4.69) is 15.3 Å². The van der Waals surface area contributed by atoms with Crippen LogP contribution in [0.25, 0.3) is 10.4 Å². The third-order valence-corrected chi connectivity index (χ3v) is 3.10. The van der Waals surface area contributed by atoms with Crippen LogP contribution in [0.15, 0.2) is 29.4 Å². The molecule has 0 aliphatic heterocycles. The zero-order valence-electron chi connectivity index (χ0n) is 15.0. The van der Waals surface area contributed by atoms with Crippen LogP contribution in [0.3, 0.4) is 0 Å². The molecular weight excluding hydrogens is 308 g/mol. The Bertz CT molecular complexity index is 648. The van der Waals surface area contributed by atoms with Crippen molar-refractivity contribution in [3.63, 3.8) is 0 Å². The second kappa shape index (κ2) is 7.36. The van der Waals surface area contributed by atoms with E-state index in [-0.39, 0.29) is 5.78 Å². The molecule has 0 fully saturated rings. The molecule has 1 N–H and O–H groups in total. The predicted octanol–water partition coefficient (Wildman–Crippen LogP) is 4.75. The molecule has 1 amide bonds. The van der Waals surface area contributed by atoms with E-state index >= 15 is 0 Å². The van der Waals surface area contributed by atoms with E-state index < -0.39 is 23.2 Å². The number of hydrogen-bond acceptors (Lipinski definition) is 4. The first-order chi connectivity index (χ1) is 10.9. The van der Waals surface area contributed by atoms with Crippen molar-refractivity contribution in [1.82, 2.24) is 5.32 Å². The number of alkyl carbamates (subject to hydrolysis) is 1. The number of nitrogens with one attached hydrogen (secondary N) is 1. The topological polar surface area (TPSA) is 104 Å². The number of carbonyl (C=O) groups excluding carboxylic acids is 2. The molecule has 0 saturated carbocycles. The Morgan fingerprint density at radius 3 is 2.08 bits per heavy atom. The van der Waals surface area contributed by atoms with Crippen LogP contribution in [0, 0.1) is 5.41 Å². The van der Waals surface area contributed by atoms with Gasteiger partial charge in [0, 0.05) is 16.2 Å². The summed E-state index contributed by atoms with van der Waals surface area (Å²) in [6.07, 6.45) is -0.638. The number of benzene rings is 1. The first-order valence-corrected chi connectivity index (χ1v) is 7.63. The second-order valence-corrected chi connectivity index (χ2v) is 7.55. The van der Waals surface area contributed by atoms with Crippen LogP contribution in [0.4, 0.5) is 10.5 Å². The van der Waals surface area contributed by atoms with Crippen molar-refractivity contribution in [3.8, 4) is 0 Å². The first kappa shape index (κ1) is 19.5. The standard InChI is InChI=1S/C17H24N4O3/c1-16(2,3)14(19-15(23)24-17(4,5)6)13(22)11-7-9-12(10-8-11)20-21-18/h7-10,14H,1-6H3,(H,19,23). The van der Waals surface area contributed by atoms with Gasteiger partial charge in [0.15, 0.2) is 5.78 Å². The zero-order valence-corrected chi connectivity index (χ0v) is 15.0. The van der Waals surface area contributed by atoms with Gasteiger partial charge >= 0.3 is 6.09 Å². The molecule has 1 atom stereocenters. The molecule has 0 bridgehead atoms. The Morgan fingerprint density at radius 1 is 1.12 bits per heavy atom. The van der Waals surface area contributed by atoms with Crippen molar-refractivity contribution in [2.45, 2.75) is 53.2 Å². The summed E-state index contributed by atoms with van der Waals surface area (Å²) >= 11 is 0. The highest BCUT2D eigenvalue weighted by molar-refractivity contribution is 6.02. The maximum absolute atomic E-state index is 12.8. The molecule has 0 saturated heterocycles. The molecule has 1 aromatic carbocycles. The number of hydrogen-bond donors (Lipinski definition) is 1. The largest absolute Gasteiger partial charge is 0.444 e. The number of ether oxygens (including phenoxy) is 1. The van der Waals surface area contributed by atoms with Gasteiger partial charge in [-0.2, -0.15) is 0 Å². The van der Waals surface area contributed by atoms with E-state index in [1.807, 2.05) is 20.8 Å². The summed E-state index contributed by atoms with van der Waals surface area (Å²) in [4.78, 5) is 27.5. The number of Topliss-reactive ketones (excluding diaryl/α,β-unsaturated/α-hetero) is 1. The number of nitrogens with zero attached hydrogens (tertiary/aromatic N) is 3. The molecule has 0 aliphatic rings. The smallest absolute Gasteiger partial charge is 0.408 e. The van der Waals surface area contributed by atoms with Crippen molar-refractivity contribution in [3.05, 3.63) is 40.3 Å². The van der Waals surface area contributed by atoms with Crippen molar-refractivity contribution >= 4 is 17.6 Å². The van der Waals surface area contributed by atoms with Crippen LogP contribution < -0.4 is 5.32 Å². The lowest BCUT2D eigenvalue weighted by Crippen LogP contribution is -2.50. The number of amides is 1. The Balaban J connectivity index is 3.01. The fourth-order valence-corrected chi connectivity index (χ4v) is 2.01. The van der Waals surface area contributed by atoms with E-state index in [0.717, 1.165) is 0 Å². The third-order valence-electron chi connectivity index (χ3n) is 3.10. The molecule has 7 heteroatoms. The lowest BCUT2D eigenvalue weighted by Gasteiger charge is -2.31. The maximum Gasteiger partial charge on any atom is 0.408 e. The Labute approximate surface area is 142 Å². The summed E-state index contributed by atoms with van der Waals surface area (Å²) in [5.74, 6) is -0.235. The van der Waals surface area contributed by atoms with Gasteiger partial charge < -0.3 is 10.1 Å². The fraction of sp³-hybridized carbons (Fsp3) is 0.529. The molecule has 1 aromatic rings. The highest BCUT2D eigenvalue weighted by Crippen LogP contribution is 2.24. The zero-order chi connectivity index (χ0) is 18.5. The van der Waals surface area contributed by atoms with Gasteiger partial charge in [-0.05, 0) is 31.7 Å². The first-order valence-electron chi connectivity index (χ1n) is 7.63. The van der Waals surface area contributed by atoms with Crippen molar-refractivity contribution < 1.29 is 14.3 Å². The molecular formula is C17H24N4O3. The molecule has 0 aromatic heterocycles. The molecule has 1 unspecified atom stereocenters. The quantitative estimate of drug-likeness (QED) is 0.372. The molecule has 1 rings (SSSR count). The van der Waals surface area contributed by atoms with Gasteiger partial charge in [-0.3, -0.25) is 4.79 Å². The molecule has 0 heterocycles. The summed E-state index contributed by atoms with van der Waals surface area (Å²) in [5.41, 5.74) is 8.10. The van der Waals surface area contributed by atoms with Gasteiger partial charge in [-0.1, -0.05) is 50.2 Å². The summed E-state index contributed by atoms with van der Waals surface area (Å²) in [5, 5.41) is 6.13. The van der Waals surface area contributed by atoms with E-state index in [4.69, 9.17) is 10.3 Å². The summed E-state index contributed by atoms with van der Waals surface area (Å²) in [6.45, 7) is 10.9. The lowest BCUT2D eigenvalue weighted by molar-refractivity contribution is 0.0446. The van der Waals surface area contributed by atoms with Crippen molar-refractivity contribution in [2.24, 2.45) is 10.5 Å². The minimum Gasteiger partial charge on any atom is -0.444 e. The highest BCUT2D eigenvalue weighted by atomic mass is 16.6. The number of azide groups is 1. The molecule has 0 aliphatic carbocycles. The van der Waals surface area contributed by atoms with Gasteiger partial charge in [0.1, 0.15) is 11.6 Å². The van der Waals surface area contributed by atoms with Crippen LogP contribution >= 0.6 is 0 Å². The molecule has 130 valence electrons. The minimum atomic E-state index is -0.752. The van der Waals surface area contributed by atoms with E-state index in [1.165, 1.54) is 0 Å². The summed E-state index contributed by atoms with van der Waals surface area (Å²) in [6, 6.07) is 5.50. The van der Waals surface area contributed by atoms with E-state index in [9.17, 15) is 9.59 Å². The van der Waals surface area contributed by atoms with Gasteiger partial charge in [-0.25, -0.2) is 4.79 Å². The van der Waals surface area contributed by atoms with Gasteiger partial charge in [0.05, 0.1) is 0 Å². The number of carbonyl (C=O) groups is 2. The molecule has 24 heavy (non-hydrogen) atoms. The molecule has 7 nitrogen and oxygen atoms in total. The van der Waals surface area contributed by atoms with Gasteiger partial charge in [-0.15, -0.1) is 0 Å². The average molecular weight is 332 g/mol. The second-order valence-electron chi connectivity index (χ2n) is 7.55. The van der Waals surface area contributed by atoms with Crippen LogP contribution in [0.2, 0.25) is 0 Å². The average Bonchev–Trinajstić information content (AvgIpc) is 2.42. The Kier molecular flexibility index (Phi) is 5.99. The van der Waals surface area contributed by atoms with Crippen molar-refractivity contribution in [1.29, 1.82) is 0 Å². The third kappa shape index (κ3) is 5.93.